The first kappa shape index (κ1) is 20.8. The third kappa shape index (κ3) is 6.68. The number of nitro groups is 1. The maximum absolute atomic E-state index is 11.7. The second-order valence-electron chi connectivity index (χ2n) is 7.09. The fourth-order valence-electron chi connectivity index (χ4n) is 2.28. The summed E-state index contributed by atoms with van der Waals surface area (Å²) in [5.41, 5.74) is 4.27. The van der Waals surface area contributed by atoms with Gasteiger partial charge < -0.3 is 4.74 Å². The number of hydrogen-bond donors (Lipinski definition) is 1. The van der Waals surface area contributed by atoms with Crippen LogP contribution in [0.5, 0.6) is 5.75 Å². The molecule has 2 aromatic rings. The maximum atomic E-state index is 11.7. The summed E-state index contributed by atoms with van der Waals surface area (Å²) in [6.45, 7) is 6.23. The molecule has 28 heavy (non-hydrogen) atoms. The van der Waals surface area contributed by atoms with E-state index in [0.29, 0.717) is 11.3 Å². The van der Waals surface area contributed by atoms with E-state index in [0.717, 1.165) is 0 Å². The third-order valence-electron chi connectivity index (χ3n) is 3.81. The summed E-state index contributed by atoms with van der Waals surface area (Å²) in [6, 6.07) is 13.8. The Labute approximate surface area is 163 Å². The van der Waals surface area contributed by atoms with E-state index in [1.54, 1.807) is 24.3 Å². The van der Waals surface area contributed by atoms with E-state index in [1.165, 1.54) is 23.9 Å². The molecule has 0 aliphatic rings. The number of amides is 1. The minimum Gasteiger partial charge on any atom is -0.484 e. The number of carbonyl (C=O) groups is 1. The molecular weight excluding hydrogens is 358 g/mol. The van der Waals surface area contributed by atoms with E-state index in [-0.39, 0.29) is 23.6 Å². The van der Waals surface area contributed by atoms with Gasteiger partial charge in [-0.05, 0) is 34.8 Å². The van der Waals surface area contributed by atoms with E-state index < -0.39 is 4.92 Å². The summed E-state index contributed by atoms with van der Waals surface area (Å²) in [7, 11) is 0. The summed E-state index contributed by atoms with van der Waals surface area (Å²) in [4.78, 5) is 22.0. The van der Waals surface area contributed by atoms with Crippen LogP contribution < -0.4 is 10.2 Å². The summed E-state index contributed by atoms with van der Waals surface area (Å²) < 4.78 is 5.43. The van der Waals surface area contributed by atoms with Crippen molar-refractivity contribution in [1.82, 2.24) is 5.43 Å². The van der Waals surface area contributed by atoms with Gasteiger partial charge in [-0.1, -0.05) is 51.1 Å². The van der Waals surface area contributed by atoms with Crippen LogP contribution in [0.1, 0.15) is 31.9 Å². The van der Waals surface area contributed by atoms with Crippen LogP contribution in [-0.4, -0.2) is 23.7 Å². The maximum Gasteiger partial charge on any atom is 0.277 e. The highest BCUT2D eigenvalue weighted by Crippen LogP contribution is 2.24. The normalized spacial score (nSPS) is 11.7. The van der Waals surface area contributed by atoms with Gasteiger partial charge in [0, 0.05) is 18.3 Å². The first-order valence-electron chi connectivity index (χ1n) is 8.72. The van der Waals surface area contributed by atoms with Crippen molar-refractivity contribution in [2.75, 3.05) is 6.61 Å². The van der Waals surface area contributed by atoms with Gasteiger partial charge in [0.15, 0.2) is 6.61 Å². The molecule has 0 fully saturated rings. The lowest BCUT2D eigenvalue weighted by Gasteiger charge is -2.19. The Kier molecular flexibility index (Phi) is 7.03. The minimum absolute atomic E-state index is 0.0140. The molecule has 7 heteroatoms. The van der Waals surface area contributed by atoms with Gasteiger partial charge in [0.2, 0.25) is 0 Å². The second-order valence-corrected chi connectivity index (χ2v) is 7.09. The molecule has 0 saturated heterocycles. The Morgan fingerprint density at radius 3 is 2.57 bits per heavy atom. The Hall–Kier alpha value is -3.48. The quantitative estimate of drug-likeness (QED) is 0.444. The summed E-state index contributed by atoms with van der Waals surface area (Å²) in [5, 5.41) is 14.5. The van der Waals surface area contributed by atoms with Gasteiger partial charge in [0.05, 0.1) is 4.92 Å². The first-order chi connectivity index (χ1) is 13.3. The highest BCUT2D eigenvalue weighted by atomic mass is 16.6. The lowest BCUT2D eigenvalue weighted by atomic mass is 9.87. The van der Waals surface area contributed by atoms with Crippen molar-refractivity contribution in [3.8, 4) is 5.75 Å². The number of carbonyl (C=O) groups excluding carboxylic acids is 1. The molecule has 0 atom stereocenters. The molecule has 0 aliphatic carbocycles. The number of benzene rings is 2. The van der Waals surface area contributed by atoms with E-state index >= 15 is 0 Å². The molecule has 0 saturated carbocycles. The van der Waals surface area contributed by atoms with Gasteiger partial charge in [-0.3, -0.25) is 14.9 Å². The fourth-order valence-corrected chi connectivity index (χ4v) is 2.28. The lowest BCUT2D eigenvalue weighted by molar-refractivity contribution is -0.384. The van der Waals surface area contributed by atoms with Crippen LogP contribution in [0.15, 0.2) is 59.7 Å². The molecule has 0 aliphatic heterocycles. The average Bonchev–Trinajstić information content (AvgIpc) is 2.66. The predicted octanol–water partition coefficient (Wildman–Crippen LogP) is 4.09. The van der Waals surface area contributed by atoms with Crippen LogP contribution in [0.2, 0.25) is 0 Å². The van der Waals surface area contributed by atoms with Crippen molar-refractivity contribution in [3.63, 3.8) is 0 Å². The predicted molar refractivity (Wildman–Crippen MR) is 109 cm³/mol. The topological polar surface area (TPSA) is 93.8 Å². The summed E-state index contributed by atoms with van der Waals surface area (Å²) in [5.74, 6) is 0.220. The van der Waals surface area contributed by atoms with Crippen LogP contribution in [0.4, 0.5) is 5.69 Å². The largest absolute Gasteiger partial charge is 0.484 e. The molecule has 0 unspecified atom stereocenters. The number of hydrazone groups is 1. The van der Waals surface area contributed by atoms with Crippen LogP contribution in [0.25, 0.3) is 6.08 Å². The molecule has 0 aromatic heterocycles. The summed E-state index contributed by atoms with van der Waals surface area (Å²) in [6.07, 6.45) is 4.61. The van der Waals surface area contributed by atoms with Crippen molar-refractivity contribution in [3.05, 3.63) is 75.8 Å². The molecule has 146 valence electrons. The minimum atomic E-state index is -0.456. The monoisotopic (exact) mass is 381 g/mol. The van der Waals surface area contributed by atoms with Crippen LogP contribution >= 0.6 is 0 Å². The number of ether oxygens (including phenoxy) is 1. The van der Waals surface area contributed by atoms with Gasteiger partial charge in [0.1, 0.15) is 5.75 Å². The number of rotatable bonds is 7. The van der Waals surface area contributed by atoms with E-state index in [1.807, 2.05) is 24.3 Å². The fraction of sp³-hybridized carbons (Fsp3) is 0.238. The van der Waals surface area contributed by atoms with Crippen LogP contribution in [0.3, 0.4) is 0 Å². The van der Waals surface area contributed by atoms with Gasteiger partial charge in [-0.15, -0.1) is 0 Å². The van der Waals surface area contributed by atoms with Crippen LogP contribution in [-0.2, 0) is 10.2 Å². The molecule has 0 spiro atoms. The highest BCUT2D eigenvalue weighted by Gasteiger charge is 2.13. The van der Waals surface area contributed by atoms with Crippen molar-refractivity contribution in [1.29, 1.82) is 0 Å². The zero-order chi connectivity index (χ0) is 20.6. The Balaban J connectivity index is 1.77. The Morgan fingerprint density at radius 2 is 1.93 bits per heavy atom. The molecule has 2 aromatic carbocycles. The van der Waals surface area contributed by atoms with Crippen molar-refractivity contribution < 1.29 is 14.5 Å². The van der Waals surface area contributed by atoms with E-state index in [2.05, 4.69) is 31.3 Å². The Bertz CT molecular complexity index is 881. The highest BCUT2D eigenvalue weighted by molar-refractivity contribution is 5.82. The second kappa shape index (κ2) is 9.45. The van der Waals surface area contributed by atoms with Crippen molar-refractivity contribution in [2.45, 2.75) is 26.2 Å². The number of nitrogens with one attached hydrogen (secondary N) is 1. The van der Waals surface area contributed by atoms with E-state index in [9.17, 15) is 14.9 Å². The SMILES string of the molecule is CC(C)(C)c1ccc(OCC(=O)N/N=C\C=C\c2cccc([N+](=O)[O-])c2)cc1. The molecular formula is C21H23N3O4. The number of hydrogen-bond acceptors (Lipinski definition) is 5. The average molecular weight is 381 g/mol. The smallest absolute Gasteiger partial charge is 0.277 e. The number of nitrogens with zero attached hydrogens (tertiary/aromatic N) is 2. The number of allylic oxidation sites excluding steroid dienone is 1. The molecule has 2 rings (SSSR count). The van der Waals surface area contributed by atoms with Crippen molar-refractivity contribution in [2.24, 2.45) is 5.10 Å². The van der Waals surface area contributed by atoms with Gasteiger partial charge in [-0.25, -0.2) is 5.43 Å². The van der Waals surface area contributed by atoms with Crippen LogP contribution in [0, 0.1) is 10.1 Å². The Morgan fingerprint density at radius 1 is 1.21 bits per heavy atom. The number of nitro benzene ring substituents is 1. The third-order valence-corrected chi connectivity index (χ3v) is 3.81. The first-order valence-corrected chi connectivity index (χ1v) is 8.72. The molecule has 1 amide bonds. The van der Waals surface area contributed by atoms with Gasteiger partial charge >= 0.3 is 0 Å². The van der Waals surface area contributed by atoms with Gasteiger partial charge in [-0.2, -0.15) is 5.10 Å². The molecule has 1 N–H and O–H groups in total. The van der Waals surface area contributed by atoms with E-state index in [4.69, 9.17) is 4.74 Å². The van der Waals surface area contributed by atoms with Crippen molar-refractivity contribution >= 4 is 23.9 Å². The lowest BCUT2D eigenvalue weighted by Crippen LogP contribution is -2.24. The number of non-ortho nitro benzene ring substituents is 1. The molecule has 0 heterocycles. The molecule has 7 nitrogen and oxygen atoms in total. The zero-order valence-corrected chi connectivity index (χ0v) is 16.1. The summed E-state index contributed by atoms with van der Waals surface area (Å²) >= 11 is 0. The standard InChI is InChI=1S/C21H23N3O4/c1-21(2,3)17-9-11-19(12-10-17)28-15-20(25)23-22-13-5-7-16-6-4-8-18(14-16)24(26)27/h4-14H,15H2,1-3H3,(H,23,25)/b7-5+,22-13-. The molecule has 0 radical (unpaired) electrons. The zero-order valence-electron chi connectivity index (χ0n) is 16.1. The molecule has 0 bridgehead atoms. The van der Waals surface area contributed by atoms with Gasteiger partial charge in [0.25, 0.3) is 11.6 Å².